The summed E-state index contributed by atoms with van der Waals surface area (Å²) in [7, 11) is 1.76. The molecule has 8 heteroatoms. The van der Waals surface area contributed by atoms with Crippen molar-refractivity contribution < 1.29 is 9.53 Å². The largest absolute Gasteiger partial charge is 0.489 e. The number of hydrogen-bond acceptors (Lipinski definition) is 3. The SMILES string of the molecule is CN=C(NCC(C)Oc1cccc(Cl)c1)NC1CCCC(C(=O)NC2CC2)C1.I. The Bertz CT molecular complexity index is 699. The zero-order chi connectivity index (χ0) is 19.9. The highest BCUT2D eigenvalue weighted by atomic mass is 127. The Balaban J connectivity index is 0.00000300. The van der Waals surface area contributed by atoms with Gasteiger partial charge in [0.05, 0.1) is 6.54 Å². The maximum Gasteiger partial charge on any atom is 0.223 e. The fourth-order valence-corrected chi connectivity index (χ4v) is 3.73. The third-order valence-corrected chi connectivity index (χ3v) is 5.46. The van der Waals surface area contributed by atoms with Crippen molar-refractivity contribution in [3.63, 3.8) is 0 Å². The number of rotatable bonds is 7. The molecule has 0 saturated heterocycles. The molecule has 2 fully saturated rings. The van der Waals surface area contributed by atoms with Gasteiger partial charge in [-0.2, -0.15) is 0 Å². The molecule has 0 spiro atoms. The average Bonchev–Trinajstić information content (AvgIpc) is 3.49. The number of nitrogens with one attached hydrogen (secondary N) is 3. The Labute approximate surface area is 195 Å². The van der Waals surface area contributed by atoms with Crippen LogP contribution in [0.4, 0.5) is 0 Å². The third kappa shape index (κ3) is 8.20. The Morgan fingerprint density at radius 1 is 1.24 bits per heavy atom. The van der Waals surface area contributed by atoms with Crippen LogP contribution in [0.5, 0.6) is 5.75 Å². The van der Waals surface area contributed by atoms with E-state index in [1.807, 2.05) is 25.1 Å². The van der Waals surface area contributed by atoms with Crippen molar-refractivity contribution >= 4 is 47.4 Å². The van der Waals surface area contributed by atoms with Crippen LogP contribution in [-0.2, 0) is 4.79 Å². The maximum atomic E-state index is 12.4. The molecule has 0 aliphatic heterocycles. The van der Waals surface area contributed by atoms with Crippen molar-refractivity contribution in [2.45, 2.75) is 63.6 Å². The summed E-state index contributed by atoms with van der Waals surface area (Å²) in [5.74, 6) is 1.83. The number of hydrogen-bond donors (Lipinski definition) is 3. The fraction of sp³-hybridized carbons (Fsp3) is 0.619. The molecule has 3 N–H and O–H groups in total. The van der Waals surface area contributed by atoms with E-state index < -0.39 is 0 Å². The first-order valence-electron chi connectivity index (χ1n) is 10.2. The van der Waals surface area contributed by atoms with Gasteiger partial charge in [-0.3, -0.25) is 9.79 Å². The van der Waals surface area contributed by atoms with Gasteiger partial charge < -0.3 is 20.7 Å². The first kappa shape index (κ1) is 24.1. The minimum Gasteiger partial charge on any atom is -0.489 e. The maximum absolute atomic E-state index is 12.4. The number of carbonyl (C=O) groups is 1. The Hall–Kier alpha value is -1.22. The highest BCUT2D eigenvalue weighted by Crippen LogP contribution is 2.26. The van der Waals surface area contributed by atoms with Gasteiger partial charge in [-0.1, -0.05) is 24.1 Å². The predicted octanol–water partition coefficient (Wildman–Crippen LogP) is 3.73. The first-order chi connectivity index (χ1) is 13.5. The highest BCUT2D eigenvalue weighted by Gasteiger charge is 2.31. The number of nitrogens with zero attached hydrogens (tertiary/aromatic N) is 1. The van der Waals surface area contributed by atoms with Gasteiger partial charge in [0.25, 0.3) is 0 Å². The highest BCUT2D eigenvalue weighted by molar-refractivity contribution is 14.0. The second-order valence-electron chi connectivity index (χ2n) is 7.83. The van der Waals surface area contributed by atoms with E-state index in [0.29, 0.717) is 17.6 Å². The van der Waals surface area contributed by atoms with Crippen LogP contribution in [0.15, 0.2) is 29.3 Å². The van der Waals surface area contributed by atoms with Gasteiger partial charge in [-0.25, -0.2) is 0 Å². The van der Waals surface area contributed by atoms with Crippen molar-refractivity contribution in [3.05, 3.63) is 29.3 Å². The Morgan fingerprint density at radius 2 is 2.03 bits per heavy atom. The molecule has 0 radical (unpaired) electrons. The number of halogens is 2. The summed E-state index contributed by atoms with van der Waals surface area (Å²) in [6.45, 7) is 2.62. The van der Waals surface area contributed by atoms with Gasteiger partial charge in [0, 0.05) is 30.1 Å². The van der Waals surface area contributed by atoms with Crippen molar-refractivity contribution in [3.8, 4) is 5.75 Å². The lowest BCUT2D eigenvalue weighted by atomic mass is 9.85. The second kappa shape index (κ2) is 11.8. The van der Waals surface area contributed by atoms with Crippen LogP contribution in [0.3, 0.4) is 0 Å². The quantitative estimate of drug-likeness (QED) is 0.283. The van der Waals surface area contributed by atoms with Gasteiger partial charge in [0.1, 0.15) is 11.9 Å². The number of benzene rings is 1. The van der Waals surface area contributed by atoms with Gasteiger partial charge in [-0.15, -0.1) is 24.0 Å². The van der Waals surface area contributed by atoms with E-state index in [2.05, 4.69) is 20.9 Å². The van der Waals surface area contributed by atoms with Crippen molar-refractivity contribution in [2.75, 3.05) is 13.6 Å². The number of amides is 1. The Kier molecular flexibility index (Phi) is 9.82. The lowest BCUT2D eigenvalue weighted by molar-refractivity contribution is -0.126. The minimum atomic E-state index is -0.0413. The molecule has 3 atom stereocenters. The molecule has 0 aromatic heterocycles. The van der Waals surface area contributed by atoms with Crippen LogP contribution in [-0.4, -0.2) is 43.6 Å². The Morgan fingerprint density at radius 3 is 2.72 bits per heavy atom. The van der Waals surface area contributed by atoms with Crippen LogP contribution < -0.4 is 20.7 Å². The fourth-order valence-electron chi connectivity index (χ4n) is 3.55. The molecule has 3 unspecified atom stereocenters. The van der Waals surface area contributed by atoms with Crippen molar-refractivity contribution in [1.82, 2.24) is 16.0 Å². The molecule has 2 saturated carbocycles. The van der Waals surface area contributed by atoms with E-state index in [9.17, 15) is 4.79 Å². The predicted molar refractivity (Wildman–Crippen MR) is 128 cm³/mol. The van der Waals surface area contributed by atoms with E-state index in [1.165, 1.54) is 0 Å². The van der Waals surface area contributed by atoms with Crippen molar-refractivity contribution in [1.29, 1.82) is 0 Å². The summed E-state index contributed by atoms with van der Waals surface area (Å²) in [5, 5.41) is 10.6. The molecule has 3 rings (SSSR count). The molecule has 29 heavy (non-hydrogen) atoms. The molecule has 1 amide bonds. The van der Waals surface area contributed by atoms with Gasteiger partial charge >= 0.3 is 0 Å². The minimum absolute atomic E-state index is 0. The summed E-state index contributed by atoms with van der Waals surface area (Å²) in [6, 6.07) is 8.09. The summed E-state index contributed by atoms with van der Waals surface area (Å²) in [6.07, 6.45) is 6.17. The second-order valence-corrected chi connectivity index (χ2v) is 8.26. The van der Waals surface area contributed by atoms with Gasteiger partial charge in [-0.05, 0) is 57.2 Å². The van der Waals surface area contributed by atoms with Gasteiger partial charge in [0.15, 0.2) is 5.96 Å². The standard InChI is InChI=1S/C21H31ClN4O2.HI/c1-14(28-19-8-4-6-16(22)12-19)13-24-21(23-2)26-18-7-3-5-15(11-18)20(27)25-17-9-10-17;/h4,6,8,12,14-15,17-18H,3,5,7,9-11,13H2,1-2H3,(H,25,27)(H2,23,24,26);1H. The van der Waals surface area contributed by atoms with Gasteiger partial charge in [0.2, 0.25) is 5.91 Å². The monoisotopic (exact) mass is 534 g/mol. The topological polar surface area (TPSA) is 74.8 Å². The van der Waals surface area contributed by atoms with Crippen LogP contribution >= 0.6 is 35.6 Å². The van der Waals surface area contributed by atoms with E-state index >= 15 is 0 Å². The average molecular weight is 535 g/mol. The lowest BCUT2D eigenvalue weighted by Crippen LogP contribution is -2.48. The number of carbonyl (C=O) groups excluding carboxylic acids is 1. The zero-order valence-electron chi connectivity index (χ0n) is 17.1. The molecule has 1 aromatic rings. The zero-order valence-corrected chi connectivity index (χ0v) is 20.2. The van der Waals surface area contributed by atoms with Crippen LogP contribution in [0.25, 0.3) is 0 Å². The number of ether oxygens (including phenoxy) is 1. The van der Waals surface area contributed by atoms with Crippen LogP contribution in [0, 0.1) is 5.92 Å². The summed E-state index contributed by atoms with van der Waals surface area (Å²) in [5.41, 5.74) is 0. The normalized spacial score (nSPS) is 22.8. The van der Waals surface area contributed by atoms with E-state index in [-0.39, 0.29) is 47.9 Å². The van der Waals surface area contributed by atoms with E-state index in [4.69, 9.17) is 16.3 Å². The molecule has 1 aromatic carbocycles. The number of guanidine groups is 1. The van der Waals surface area contributed by atoms with Crippen LogP contribution in [0.1, 0.15) is 45.4 Å². The smallest absolute Gasteiger partial charge is 0.223 e. The summed E-state index contributed by atoms with van der Waals surface area (Å²) in [4.78, 5) is 16.7. The molecule has 162 valence electrons. The molecular weight excluding hydrogens is 503 g/mol. The lowest BCUT2D eigenvalue weighted by Gasteiger charge is -2.30. The molecular formula is C21H32ClIN4O2. The molecule has 0 bridgehead atoms. The molecule has 2 aliphatic rings. The summed E-state index contributed by atoms with van der Waals surface area (Å²) >= 11 is 6.00. The molecule has 2 aliphatic carbocycles. The van der Waals surface area contributed by atoms with E-state index in [1.54, 1.807) is 13.1 Å². The van der Waals surface area contributed by atoms with E-state index in [0.717, 1.165) is 50.2 Å². The molecule has 6 nitrogen and oxygen atoms in total. The van der Waals surface area contributed by atoms with Crippen molar-refractivity contribution in [2.24, 2.45) is 10.9 Å². The third-order valence-electron chi connectivity index (χ3n) is 5.22. The van der Waals surface area contributed by atoms with Crippen LogP contribution in [0.2, 0.25) is 5.02 Å². The number of aliphatic imine (C=N–C) groups is 1. The first-order valence-corrected chi connectivity index (χ1v) is 10.6. The molecule has 0 heterocycles. The summed E-state index contributed by atoms with van der Waals surface area (Å²) < 4.78 is 5.89.